The zero-order valence-corrected chi connectivity index (χ0v) is 12.8. The number of carbonyl (C=O) groups excluding carboxylic acids is 1. The fraction of sp³-hybridized carbons (Fsp3) is 0.167. The van der Waals surface area contributed by atoms with Gasteiger partial charge in [0.2, 0.25) is 5.91 Å². The Balaban J connectivity index is 1.73. The van der Waals surface area contributed by atoms with Crippen LogP contribution in [0, 0.1) is 0 Å². The van der Waals surface area contributed by atoms with Crippen LogP contribution in [-0.2, 0) is 4.79 Å². The second-order valence-corrected chi connectivity index (χ2v) is 5.15. The van der Waals surface area contributed by atoms with E-state index in [-0.39, 0.29) is 18.4 Å². The van der Waals surface area contributed by atoms with E-state index in [0.717, 1.165) is 5.76 Å². The predicted octanol–water partition coefficient (Wildman–Crippen LogP) is 3.71. The Kier molecular flexibility index (Phi) is 4.47. The molecule has 0 aliphatic rings. The van der Waals surface area contributed by atoms with Crippen molar-refractivity contribution >= 4 is 11.6 Å². The minimum absolute atomic E-state index is 0.0895. The van der Waals surface area contributed by atoms with Crippen molar-refractivity contribution in [1.82, 2.24) is 4.57 Å². The fourth-order valence-electron chi connectivity index (χ4n) is 2.48. The number of benzene rings is 1. The monoisotopic (exact) mass is 310 g/mol. The minimum Gasteiger partial charge on any atom is -0.497 e. The van der Waals surface area contributed by atoms with E-state index >= 15 is 0 Å². The van der Waals surface area contributed by atoms with Crippen LogP contribution in [0.5, 0.6) is 5.75 Å². The first kappa shape index (κ1) is 15.0. The zero-order chi connectivity index (χ0) is 16.1. The Morgan fingerprint density at radius 2 is 2.04 bits per heavy atom. The van der Waals surface area contributed by atoms with Crippen LogP contribution in [0.3, 0.4) is 0 Å². The SMILES string of the molecule is COc1cccc(NC(=O)CC(c2ccco2)n2cccc2)c1. The summed E-state index contributed by atoms with van der Waals surface area (Å²) in [5, 5.41) is 2.90. The smallest absolute Gasteiger partial charge is 0.226 e. The summed E-state index contributed by atoms with van der Waals surface area (Å²) in [5.74, 6) is 1.37. The van der Waals surface area contributed by atoms with Crippen LogP contribution in [0.25, 0.3) is 0 Å². The third kappa shape index (κ3) is 3.63. The van der Waals surface area contributed by atoms with Crippen molar-refractivity contribution < 1.29 is 13.9 Å². The van der Waals surface area contributed by atoms with Gasteiger partial charge in [-0.15, -0.1) is 0 Å². The molecule has 0 aliphatic heterocycles. The zero-order valence-electron chi connectivity index (χ0n) is 12.8. The summed E-state index contributed by atoms with van der Waals surface area (Å²) in [6.45, 7) is 0. The molecule has 0 aliphatic carbocycles. The van der Waals surface area contributed by atoms with Crippen LogP contribution in [0.2, 0.25) is 0 Å². The van der Waals surface area contributed by atoms with E-state index in [1.807, 2.05) is 59.4 Å². The molecule has 1 N–H and O–H groups in total. The molecule has 1 amide bonds. The second kappa shape index (κ2) is 6.87. The van der Waals surface area contributed by atoms with Crippen LogP contribution in [-0.4, -0.2) is 17.6 Å². The van der Waals surface area contributed by atoms with Crippen molar-refractivity contribution in [3.63, 3.8) is 0 Å². The molecule has 0 saturated carbocycles. The van der Waals surface area contributed by atoms with Crippen molar-refractivity contribution in [3.05, 3.63) is 72.9 Å². The quantitative estimate of drug-likeness (QED) is 0.755. The molecule has 5 nitrogen and oxygen atoms in total. The van der Waals surface area contributed by atoms with E-state index in [0.29, 0.717) is 11.4 Å². The normalized spacial score (nSPS) is 11.9. The summed E-state index contributed by atoms with van der Waals surface area (Å²) in [6.07, 6.45) is 5.74. The third-order valence-corrected chi connectivity index (χ3v) is 3.59. The Bertz CT molecular complexity index is 714. The third-order valence-electron chi connectivity index (χ3n) is 3.59. The molecule has 0 bridgehead atoms. The standard InChI is InChI=1S/C18H18N2O3/c1-22-15-7-4-6-14(12-15)19-18(21)13-16(17-8-5-11-23-17)20-9-2-3-10-20/h2-12,16H,13H2,1H3,(H,19,21). The molecule has 23 heavy (non-hydrogen) atoms. The van der Waals surface area contributed by atoms with Gasteiger partial charge in [0, 0.05) is 24.1 Å². The first-order valence-corrected chi connectivity index (χ1v) is 7.36. The van der Waals surface area contributed by atoms with E-state index in [2.05, 4.69) is 5.32 Å². The minimum atomic E-state index is -0.175. The number of carbonyl (C=O) groups is 1. The number of amides is 1. The molecule has 0 saturated heterocycles. The molecule has 1 atom stereocenters. The molecule has 0 fully saturated rings. The Morgan fingerprint density at radius 1 is 1.22 bits per heavy atom. The summed E-state index contributed by atoms with van der Waals surface area (Å²) in [5.41, 5.74) is 0.708. The van der Waals surface area contributed by atoms with Gasteiger partial charge < -0.3 is 19.0 Å². The van der Waals surface area contributed by atoms with Crippen LogP contribution in [0.15, 0.2) is 71.6 Å². The highest BCUT2D eigenvalue weighted by Crippen LogP contribution is 2.24. The van der Waals surface area contributed by atoms with Crippen molar-refractivity contribution in [2.45, 2.75) is 12.5 Å². The second-order valence-electron chi connectivity index (χ2n) is 5.15. The van der Waals surface area contributed by atoms with Crippen LogP contribution in [0.4, 0.5) is 5.69 Å². The number of furan rings is 1. The van der Waals surface area contributed by atoms with Gasteiger partial charge in [0.1, 0.15) is 11.5 Å². The number of hydrogen-bond donors (Lipinski definition) is 1. The van der Waals surface area contributed by atoms with Gasteiger partial charge in [-0.2, -0.15) is 0 Å². The molecular formula is C18H18N2O3. The summed E-state index contributed by atoms with van der Waals surface area (Å²) >= 11 is 0. The van der Waals surface area contributed by atoms with Gasteiger partial charge in [-0.25, -0.2) is 0 Å². The van der Waals surface area contributed by atoms with Gasteiger partial charge in [0.05, 0.1) is 25.8 Å². The number of ether oxygens (including phenoxy) is 1. The number of nitrogens with zero attached hydrogens (tertiary/aromatic N) is 1. The Hall–Kier alpha value is -2.95. The lowest BCUT2D eigenvalue weighted by atomic mass is 10.1. The maximum atomic E-state index is 12.4. The molecule has 1 unspecified atom stereocenters. The van der Waals surface area contributed by atoms with Crippen molar-refractivity contribution in [1.29, 1.82) is 0 Å². The van der Waals surface area contributed by atoms with E-state index in [9.17, 15) is 4.79 Å². The highest BCUT2D eigenvalue weighted by Gasteiger charge is 2.19. The maximum Gasteiger partial charge on any atom is 0.226 e. The summed E-state index contributed by atoms with van der Waals surface area (Å²) < 4.78 is 12.6. The average molecular weight is 310 g/mol. The molecule has 0 spiro atoms. The van der Waals surface area contributed by atoms with E-state index in [1.54, 1.807) is 19.4 Å². The van der Waals surface area contributed by atoms with E-state index in [4.69, 9.17) is 9.15 Å². The number of nitrogens with one attached hydrogen (secondary N) is 1. The maximum absolute atomic E-state index is 12.4. The lowest BCUT2D eigenvalue weighted by Crippen LogP contribution is -2.19. The molecule has 3 rings (SSSR count). The van der Waals surface area contributed by atoms with Gasteiger partial charge in [-0.05, 0) is 36.4 Å². The number of rotatable bonds is 6. The van der Waals surface area contributed by atoms with Crippen molar-refractivity contribution in [2.75, 3.05) is 12.4 Å². The van der Waals surface area contributed by atoms with E-state index in [1.165, 1.54) is 0 Å². The van der Waals surface area contributed by atoms with Gasteiger partial charge in [-0.3, -0.25) is 4.79 Å². The fourth-order valence-corrected chi connectivity index (χ4v) is 2.48. The Labute approximate surface area is 134 Å². The molecule has 5 heteroatoms. The largest absolute Gasteiger partial charge is 0.497 e. The molecular weight excluding hydrogens is 292 g/mol. The summed E-state index contributed by atoms with van der Waals surface area (Å²) in [4.78, 5) is 12.4. The van der Waals surface area contributed by atoms with Gasteiger partial charge in [0.15, 0.2) is 0 Å². The summed E-state index contributed by atoms with van der Waals surface area (Å²) in [7, 11) is 1.60. The molecule has 2 heterocycles. The molecule has 3 aromatic rings. The first-order valence-electron chi connectivity index (χ1n) is 7.36. The number of methoxy groups -OCH3 is 1. The topological polar surface area (TPSA) is 56.4 Å². The average Bonchev–Trinajstić information content (AvgIpc) is 3.26. The van der Waals surface area contributed by atoms with Crippen LogP contribution < -0.4 is 10.1 Å². The summed E-state index contributed by atoms with van der Waals surface area (Å²) in [6, 6.07) is 14.7. The Morgan fingerprint density at radius 3 is 2.74 bits per heavy atom. The van der Waals surface area contributed by atoms with Gasteiger partial charge >= 0.3 is 0 Å². The van der Waals surface area contributed by atoms with Gasteiger partial charge in [-0.1, -0.05) is 6.07 Å². The predicted molar refractivity (Wildman–Crippen MR) is 87.5 cm³/mol. The van der Waals surface area contributed by atoms with E-state index < -0.39 is 0 Å². The van der Waals surface area contributed by atoms with Crippen molar-refractivity contribution in [3.8, 4) is 5.75 Å². The number of aromatic nitrogens is 1. The number of hydrogen-bond acceptors (Lipinski definition) is 3. The van der Waals surface area contributed by atoms with Gasteiger partial charge in [0.25, 0.3) is 0 Å². The molecule has 118 valence electrons. The lowest BCUT2D eigenvalue weighted by molar-refractivity contribution is -0.116. The molecule has 1 aromatic carbocycles. The lowest BCUT2D eigenvalue weighted by Gasteiger charge is -2.16. The first-order chi connectivity index (χ1) is 11.3. The highest BCUT2D eigenvalue weighted by atomic mass is 16.5. The van der Waals surface area contributed by atoms with Crippen LogP contribution >= 0.6 is 0 Å². The highest BCUT2D eigenvalue weighted by molar-refractivity contribution is 5.91. The van der Waals surface area contributed by atoms with Crippen molar-refractivity contribution in [2.24, 2.45) is 0 Å². The molecule has 2 aromatic heterocycles. The molecule has 0 radical (unpaired) electrons. The van der Waals surface area contributed by atoms with Crippen LogP contribution in [0.1, 0.15) is 18.2 Å². The number of anilines is 1.